The van der Waals surface area contributed by atoms with Gasteiger partial charge in [-0.05, 0) is 25.1 Å². The molecule has 1 atom stereocenters. The van der Waals surface area contributed by atoms with Crippen LogP contribution in [0.4, 0.5) is 0 Å². The lowest BCUT2D eigenvalue weighted by atomic mass is 10.1. The van der Waals surface area contributed by atoms with Crippen molar-refractivity contribution in [2.24, 2.45) is 0 Å². The van der Waals surface area contributed by atoms with Gasteiger partial charge in [0.15, 0.2) is 0 Å². The Kier molecular flexibility index (Phi) is 1.54. The van der Waals surface area contributed by atoms with Gasteiger partial charge in [0.25, 0.3) is 0 Å². The third-order valence-corrected chi connectivity index (χ3v) is 1.86. The molecule has 0 spiro atoms. The van der Waals surface area contributed by atoms with E-state index in [0.29, 0.717) is 0 Å². The average Bonchev–Trinajstić information content (AvgIpc) is 2.03. The Hall–Kier alpha value is -1.44. The van der Waals surface area contributed by atoms with E-state index >= 15 is 0 Å². The summed E-state index contributed by atoms with van der Waals surface area (Å²) in [6, 6.07) is 5.13. The summed E-state index contributed by atoms with van der Waals surface area (Å²) < 4.78 is 5.47. The topological polar surface area (TPSA) is 29.5 Å². The van der Waals surface area contributed by atoms with Crippen molar-refractivity contribution >= 4 is 6.08 Å². The van der Waals surface area contributed by atoms with Crippen molar-refractivity contribution in [1.82, 2.24) is 0 Å². The molecule has 0 amide bonds. The molecule has 2 nitrogen and oxygen atoms in total. The van der Waals surface area contributed by atoms with Crippen molar-refractivity contribution in [3.63, 3.8) is 0 Å². The first-order valence-electron chi connectivity index (χ1n) is 3.93. The van der Waals surface area contributed by atoms with Gasteiger partial charge in [0.05, 0.1) is 0 Å². The molecule has 0 saturated carbocycles. The van der Waals surface area contributed by atoms with E-state index in [4.69, 9.17) is 4.74 Å². The molecule has 2 rings (SSSR count). The van der Waals surface area contributed by atoms with Crippen LogP contribution in [0.5, 0.6) is 11.5 Å². The summed E-state index contributed by atoms with van der Waals surface area (Å²) in [6.07, 6.45) is 4.08. The predicted molar refractivity (Wildman–Crippen MR) is 47.2 cm³/mol. The highest BCUT2D eigenvalue weighted by Gasteiger charge is 2.10. The fourth-order valence-electron chi connectivity index (χ4n) is 1.24. The number of benzene rings is 1. The Bertz CT molecular complexity index is 329. The summed E-state index contributed by atoms with van der Waals surface area (Å²) in [4.78, 5) is 0. The number of hydrogen-bond acceptors (Lipinski definition) is 2. The molecule has 0 unspecified atom stereocenters. The highest BCUT2D eigenvalue weighted by Crippen LogP contribution is 2.29. The zero-order chi connectivity index (χ0) is 8.55. The van der Waals surface area contributed by atoms with Crippen molar-refractivity contribution in [3.05, 3.63) is 29.8 Å². The molecule has 0 fully saturated rings. The number of phenolic OH excluding ortho intramolecular Hbond substituents is 1. The van der Waals surface area contributed by atoms with E-state index in [0.717, 1.165) is 11.3 Å². The average molecular weight is 162 g/mol. The lowest BCUT2D eigenvalue weighted by Crippen LogP contribution is -2.11. The van der Waals surface area contributed by atoms with Crippen LogP contribution in [0.2, 0.25) is 0 Å². The lowest BCUT2D eigenvalue weighted by molar-refractivity contribution is 0.265. The second-order valence-corrected chi connectivity index (χ2v) is 2.90. The molecule has 0 bridgehead atoms. The zero-order valence-electron chi connectivity index (χ0n) is 6.82. The molecule has 0 radical (unpaired) electrons. The van der Waals surface area contributed by atoms with E-state index in [1.54, 1.807) is 12.1 Å². The van der Waals surface area contributed by atoms with E-state index in [1.807, 2.05) is 25.1 Å². The highest BCUT2D eigenvalue weighted by atomic mass is 16.5. The van der Waals surface area contributed by atoms with Crippen molar-refractivity contribution in [1.29, 1.82) is 0 Å². The standard InChI is InChI=1S/C10H10O2/c1-7-2-3-8-4-5-9(11)6-10(8)12-7/h2-7,11H,1H3/t7-/m0/s1. The van der Waals surface area contributed by atoms with Gasteiger partial charge in [0.2, 0.25) is 0 Å². The molecular formula is C10H10O2. The fourth-order valence-corrected chi connectivity index (χ4v) is 1.24. The maximum absolute atomic E-state index is 9.17. The van der Waals surface area contributed by atoms with Crippen LogP contribution in [-0.2, 0) is 0 Å². The van der Waals surface area contributed by atoms with Crippen LogP contribution in [0.3, 0.4) is 0 Å². The summed E-state index contributed by atoms with van der Waals surface area (Å²) in [5.41, 5.74) is 1.02. The molecule has 1 aliphatic heterocycles. The van der Waals surface area contributed by atoms with Gasteiger partial charge in [-0.15, -0.1) is 0 Å². The summed E-state index contributed by atoms with van der Waals surface area (Å²) in [5, 5.41) is 9.17. The number of rotatable bonds is 0. The summed E-state index contributed by atoms with van der Waals surface area (Å²) in [7, 11) is 0. The smallest absolute Gasteiger partial charge is 0.131 e. The van der Waals surface area contributed by atoms with Gasteiger partial charge in [-0.3, -0.25) is 0 Å². The molecule has 1 aliphatic rings. The maximum atomic E-state index is 9.17. The van der Waals surface area contributed by atoms with Crippen molar-refractivity contribution in [2.75, 3.05) is 0 Å². The minimum absolute atomic E-state index is 0.0966. The van der Waals surface area contributed by atoms with Crippen LogP contribution in [0.15, 0.2) is 24.3 Å². The van der Waals surface area contributed by atoms with Gasteiger partial charge >= 0.3 is 0 Å². The molecule has 12 heavy (non-hydrogen) atoms. The highest BCUT2D eigenvalue weighted by molar-refractivity contribution is 5.61. The number of fused-ring (bicyclic) bond motifs is 1. The van der Waals surface area contributed by atoms with Gasteiger partial charge in [0, 0.05) is 11.6 Å². The number of hydrogen-bond donors (Lipinski definition) is 1. The minimum atomic E-state index is 0.0966. The summed E-state index contributed by atoms with van der Waals surface area (Å²) in [5.74, 6) is 1.00. The number of phenols is 1. The van der Waals surface area contributed by atoms with Crippen LogP contribution < -0.4 is 4.74 Å². The van der Waals surface area contributed by atoms with Gasteiger partial charge in [-0.25, -0.2) is 0 Å². The van der Waals surface area contributed by atoms with Gasteiger partial charge < -0.3 is 9.84 Å². The molecule has 1 heterocycles. The molecule has 62 valence electrons. The lowest BCUT2D eigenvalue weighted by Gasteiger charge is -2.17. The predicted octanol–water partition coefficient (Wildman–Crippen LogP) is 2.19. The van der Waals surface area contributed by atoms with Crippen LogP contribution >= 0.6 is 0 Å². The molecule has 1 aromatic carbocycles. The number of aromatic hydroxyl groups is 1. The summed E-state index contributed by atoms with van der Waals surface area (Å²) >= 11 is 0. The van der Waals surface area contributed by atoms with E-state index in [9.17, 15) is 5.11 Å². The third kappa shape index (κ3) is 1.16. The first-order valence-corrected chi connectivity index (χ1v) is 3.93. The number of ether oxygens (including phenoxy) is 1. The maximum Gasteiger partial charge on any atom is 0.131 e. The molecular weight excluding hydrogens is 152 g/mol. The Morgan fingerprint density at radius 2 is 2.25 bits per heavy atom. The van der Waals surface area contributed by atoms with Crippen LogP contribution in [0.25, 0.3) is 6.08 Å². The quantitative estimate of drug-likeness (QED) is 0.633. The van der Waals surface area contributed by atoms with Crippen molar-refractivity contribution in [3.8, 4) is 11.5 Å². The first kappa shape index (κ1) is 7.22. The van der Waals surface area contributed by atoms with Crippen molar-refractivity contribution < 1.29 is 9.84 Å². The Balaban J connectivity index is 2.47. The summed E-state index contributed by atoms with van der Waals surface area (Å²) in [6.45, 7) is 1.96. The normalized spacial score (nSPS) is 19.9. The SMILES string of the molecule is C[C@H]1C=Cc2ccc(O)cc2O1. The van der Waals surface area contributed by atoms with Gasteiger partial charge in [-0.2, -0.15) is 0 Å². The zero-order valence-corrected chi connectivity index (χ0v) is 6.82. The molecule has 0 saturated heterocycles. The molecule has 1 N–H and O–H groups in total. The van der Waals surface area contributed by atoms with E-state index in [-0.39, 0.29) is 11.9 Å². The van der Waals surface area contributed by atoms with E-state index in [1.165, 1.54) is 0 Å². The largest absolute Gasteiger partial charge is 0.508 e. The second kappa shape index (κ2) is 2.55. The second-order valence-electron chi connectivity index (χ2n) is 2.90. The Morgan fingerprint density at radius 3 is 3.08 bits per heavy atom. The van der Waals surface area contributed by atoms with Crippen LogP contribution in [-0.4, -0.2) is 11.2 Å². The first-order chi connectivity index (χ1) is 5.75. The van der Waals surface area contributed by atoms with E-state index in [2.05, 4.69) is 0 Å². The van der Waals surface area contributed by atoms with Gasteiger partial charge in [0.1, 0.15) is 17.6 Å². The molecule has 1 aromatic rings. The molecule has 0 aromatic heterocycles. The third-order valence-electron chi connectivity index (χ3n) is 1.86. The van der Waals surface area contributed by atoms with Crippen LogP contribution in [0, 0.1) is 0 Å². The fraction of sp³-hybridized carbons (Fsp3) is 0.200. The van der Waals surface area contributed by atoms with E-state index < -0.39 is 0 Å². The Morgan fingerprint density at radius 1 is 1.42 bits per heavy atom. The Labute approximate surface area is 71.1 Å². The van der Waals surface area contributed by atoms with Gasteiger partial charge in [-0.1, -0.05) is 6.08 Å². The van der Waals surface area contributed by atoms with Crippen molar-refractivity contribution in [2.45, 2.75) is 13.0 Å². The molecule has 0 aliphatic carbocycles. The molecule has 2 heteroatoms. The van der Waals surface area contributed by atoms with Crippen LogP contribution in [0.1, 0.15) is 12.5 Å². The monoisotopic (exact) mass is 162 g/mol. The minimum Gasteiger partial charge on any atom is -0.508 e.